The molecular weight excluding hydrogens is 462 g/mol. The molecule has 178 valence electrons. The van der Waals surface area contributed by atoms with Crippen molar-refractivity contribution in [3.8, 4) is 0 Å². The average Bonchev–Trinajstić information content (AvgIpc) is 2.83. The maximum absolute atomic E-state index is 13.0. The summed E-state index contributed by atoms with van der Waals surface area (Å²) >= 11 is 5.87. The first-order valence-electron chi connectivity index (χ1n) is 11.1. The molecule has 1 aliphatic heterocycles. The normalized spacial score (nSPS) is 17.8. The van der Waals surface area contributed by atoms with Crippen molar-refractivity contribution in [2.45, 2.75) is 50.6 Å². The van der Waals surface area contributed by atoms with E-state index in [1.54, 1.807) is 30.3 Å². The Hall–Kier alpha value is -2.42. The van der Waals surface area contributed by atoms with Gasteiger partial charge in [0.2, 0.25) is 15.9 Å². The number of rotatable bonds is 8. The van der Waals surface area contributed by atoms with Crippen LogP contribution in [-0.2, 0) is 21.4 Å². The van der Waals surface area contributed by atoms with Crippen molar-refractivity contribution in [2.24, 2.45) is 5.92 Å². The highest BCUT2D eigenvalue weighted by molar-refractivity contribution is 7.89. The van der Waals surface area contributed by atoms with E-state index in [9.17, 15) is 18.0 Å². The molecule has 0 saturated carbocycles. The SMILES string of the molecule is CCC(C)NC(=O)c1cccc(CNC(=O)C2CCCN(S(=O)(=O)c3ccc(Cl)cc3)C2)c1. The molecule has 0 bridgehead atoms. The highest BCUT2D eigenvalue weighted by Crippen LogP contribution is 2.25. The van der Waals surface area contributed by atoms with E-state index in [1.165, 1.54) is 16.4 Å². The quantitative estimate of drug-likeness (QED) is 0.590. The summed E-state index contributed by atoms with van der Waals surface area (Å²) in [5, 5.41) is 6.29. The van der Waals surface area contributed by atoms with Crippen molar-refractivity contribution >= 4 is 33.4 Å². The van der Waals surface area contributed by atoms with Gasteiger partial charge in [0, 0.05) is 36.3 Å². The molecule has 0 aliphatic carbocycles. The molecule has 2 N–H and O–H groups in total. The van der Waals surface area contributed by atoms with Crippen LogP contribution in [0.4, 0.5) is 0 Å². The molecule has 2 amide bonds. The van der Waals surface area contributed by atoms with Crippen LogP contribution >= 0.6 is 11.6 Å². The lowest BCUT2D eigenvalue weighted by Crippen LogP contribution is -2.45. The molecule has 2 aromatic carbocycles. The first-order valence-corrected chi connectivity index (χ1v) is 13.0. The molecule has 1 fully saturated rings. The second kappa shape index (κ2) is 11.1. The molecular formula is C24H30ClN3O4S. The van der Waals surface area contributed by atoms with Crippen LogP contribution in [0.5, 0.6) is 0 Å². The molecule has 2 aromatic rings. The van der Waals surface area contributed by atoms with Crippen LogP contribution < -0.4 is 10.6 Å². The van der Waals surface area contributed by atoms with Crippen molar-refractivity contribution in [3.05, 3.63) is 64.7 Å². The predicted octanol–water partition coefficient (Wildman–Crippen LogP) is 3.59. The van der Waals surface area contributed by atoms with Gasteiger partial charge in [-0.05, 0) is 68.1 Å². The zero-order valence-corrected chi connectivity index (χ0v) is 20.5. The summed E-state index contributed by atoms with van der Waals surface area (Å²) in [6.45, 7) is 4.73. The maximum atomic E-state index is 13.0. The van der Waals surface area contributed by atoms with Crippen molar-refractivity contribution in [1.82, 2.24) is 14.9 Å². The second-order valence-corrected chi connectivity index (χ2v) is 10.7. The number of sulfonamides is 1. The average molecular weight is 492 g/mol. The van der Waals surface area contributed by atoms with Gasteiger partial charge in [0.15, 0.2) is 0 Å². The van der Waals surface area contributed by atoms with E-state index >= 15 is 0 Å². The van der Waals surface area contributed by atoms with Crippen molar-refractivity contribution in [2.75, 3.05) is 13.1 Å². The van der Waals surface area contributed by atoms with E-state index in [2.05, 4.69) is 10.6 Å². The van der Waals surface area contributed by atoms with Gasteiger partial charge in [0.05, 0.1) is 10.8 Å². The molecule has 9 heteroatoms. The van der Waals surface area contributed by atoms with Gasteiger partial charge in [-0.25, -0.2) is 8.42 Å². The number of hydrogen-bond acceptors (Lipinski definition) is 4. The van der Waals surface area contributed by atoms with Crippen molar-refractivity contribution in [1.29, 1.82) is 0 Å². The van der Waals surface area contributed by atoms with Crippen LogP contribution in [0.2, 0.25) is 5.02 Å². The molecule has 3 rings (SSSR count). The molecule has 2 unspecified atom stereocenters. The molecule has 0 radical (unpaired) electrons. The second-order valence-electron chi connectivity index (χ2n) is 8.36. The van der Waals surface area contributed by atoms with E-state index in [4.69, 9.17) is 11.6 Å². The highest BCUT2D eigenvalue weighted by atomic mass is 35.5. The first-order chi connectivity index (χ1) is 15.7. The standard InChI is InChI=1S/C24H30ClN3O4S/c1-3-17(2)27-24(30)19-7-4-6-18(14-19)15-26-23(29)20-8-5-13-28(16-20)33(31,32)22-11-9-21(25)10-12-22/h4,6-7,9-12,14,17,20H,3,5,8,13,15-16H2,1-2H3,(H,26,29)(H,27,30). The minimum atomic E-state index is -3.69. The fourth-order valence-corrected chi connectivity index (χ4v) is 5.35. The number of carbonyl (C=O) groups is 2. The first kappa shape index (κ1) is 25.2. The topological polar surface area (TPSA) is 95.6 Å². The number of benzene rings is 2. The van der Waals surface area contributed by atoms with E-state index in [-0.39, 0.29) is 35.8 Å². The number of nitrogens with zero attached hydrogens (tertiary/aromatic N) is 1. The zero-order valence-electron chi connectivity index (χ0n) is 18.9. The molecule has 0 spiro atoms. The Morgan fingerprint density at radius 3 is 2.61 bits per heavy atom. The fourth-order valence-electron chi connectivity index (χ4n) is 3.70. The van der Waals surface area contributed by atoms with Gasteiger partial charge in [-0.2, -0.15) is 4.31 Å². The van der Waals surface area contributed by atoms with E-state index in [1.807, 2.05) is 19.9 Å². The minimum absolute atomic E-state index is 0.0826. The Morgan fingerprint density at radius 1 is 1.18 bits per heavy atom. The molecule has 1 aliphatic rings. The summed E-state index contributed by atoms with van der Waals surface area (Å²) in [6.07, 6.45) is 2.07. The number of amides is 2. The van der Waals surface area contributed by atoms with Crippen LogP contribution in [0.15, 0.2) is 53.4 Å². The van der Waals surface area contributed by atoms with Crippen LogP contribution in [0, 0.1) is 5.92 Å². The number of halogens is 1. The third-order valence-corrected chi connectivity index (χ3v) is 7.98. The predicted molar refractivity (Wildman–Crippen MR) is 128 cm³/mol. The Bertz CT molecular complexity index is 1090. The van der Waals surface area contributed by atoms with Gasteiger partial charge in [-0.3, -0.25) is 9.59 Å². The molecule has 33 heavy (non-hydrogen) atoms. The van der Waals surface area contributed by atoms with E-state index in [0.29, 0.717) is 30.0 Å². The number of nitrogens with one attached hydrogen (secondary N) is 2. The van der Waals surface area contributed by atoms with Crippen LogP contribution in [-0.4, -0.2) is 43.7 Å². The number of piperidine rings is 1. The summed E-state index contributed by atoms with van der Waals surface area (Å²) < 4.78 is 27.3. The summed E-state index contributed by atoms with van der Waals surface area (Å²) in [5.74, 6) is -0.772. The lowest BCUT2D eigenvalue weighted by atomic mass is 9.98. The Kier molecular flexibility index (Phi) is 8.51. The number of hydrogen-bond donors (Lipinski definition) is 2. The van der Waals surface area contributed by atoms with Crippen LogP contribution in [0.25, 0.3) is 0 Å². The van der Waals surface area contributed by atoms with Gasteiger partial charge < -0.3 is 10.6 Å². The Labute approximate surface area is 200 Å². The molecule has 7 nitrogen and oxygen atoms in total. The van der Waals surface area contributed by atoms with Gasteiger partial charge >= 0.3 is 0 Å². The lowest BCUT2D eigenvalue weighted by molar-refractivity contribution is -0.126. The Morgan fingerprint density at radius 2 is 1.91 bits per heavy atom. The minimum Gasteiger partial charge on any atom is -0.352 e. The van der Waals surface area contributed by atoms with Gasteiger partial charge in [0.25, 0.3) is 5.91 Å². The van der Waals surface area contributed by atoms with E-state index < -0.39 is 15.9 Å². The zero-order chi connectivity index (χ0) is 24.0. The van der Waals surface area contributed by atoms with Crippen LogP contribution in [0.1, 0.15) is 49.0 Å². The largest absolute Gasteiger partial charge is 0.352 e. The molecule has 0 aromatic heterocycles. The highest BCUT2D eigenvalue weighted by Gasteiger charge is 2.33. The van der Waals surface area contributed by atoms with Gasteiger partial charge in [-0.1, -0.05) is 30.7 Å². The summed E-state index contributed by atoms with van der Waals surface area (Å²) in [5.41, 5.74) is 1.35. The monoisotopic (exact) mass is 491 g/mol. The summed E-state index contributed by atoms with van der Waals surface area (Å²) in [4.78, 5) is 25.3. The maximum Gasteiger partial charge on any atom is 0.251 e. The van der Waals surface area contributed by atoms with Gasteiger partial charge in [-0.15, -0.1) is 0 Å². The smallest absolute Gasteiger partial charge is 0.251 e. The molecule has 1 saturated heterocycles. The molecule has 2 atom stereocenters. The van der Waals surface area contributed by atoms with Crippen molar-refractivity contribution < 1.29 is 18.0 Å². The van der Waals surface area contributed by atoms with Gasteiger partial charge in [0.1, 0.15) is 0 Å². The van der Waals surface area contributed by atoms with Crippen LogP contribution in [0.3, 0.4) is 0 Å². The van der Waals surface area contributed by atoms with E-state index in [0.717, 1.165) is 12.0 Å². The lowest BCUT2D eigenvalue weighted by Gasteiger charge is -2.31. The third-order valence-electron chi connectivity index (χ3n) is 5.85. The fraction of sp³-hybridized carbons (Fsp3) is 0.417. The third kappa shape index (κ3) is 6.56. The summed E-state index contributed by atoms with van der Waals surface area (Å²) in [6, 6.07) is 13.3. The number of carbonyl (C=O) groups excluding carboxylic acids is 2. The van der Waals surface area contributed by atoms with Crippen molar-refractivity contribution in [3.63, 3.8) is 0 Å². The summed E-state index contributed by atoms with van der Waals surface area (Å²) in [7, 11) is -3.69. The Balaban J connectivity index is 1.60. The molecule has 1 heterocycles.